The zero-order valence-electron chi connectivity index (χ0n) is 15.0. The Hall–Kier alpha value is -0.980. The summed E-state index contributed by atoms with van der Waals surface area (Å²) >= 11 is 0. The predicted molar refractivity (Wildman–Crippen MR) is 70.6 cm³/mol. The maximum absolute atomic E-state index is 12.4. The highest BCUT2D eigenvalue weighted by Gasteiger charge is 2.72. The summed E-state index contributed by atoms with van der Waals surface area (Å²) in [5.74, 6) is 0. The summed E-state index contributed by atoms with van der Waals surface area (Å²) in [5, 5.41) is 0. The van der Waals surface area contributed by atoms with Gasteiger partial charge in [0, 0.05) is 0 Å². The van der Waals surface area contributed by atoms with Crippen molar-refractivity contribution in [1.29, 1.82) is 0 Å². The number of rotatable bonds is 6. The van der Waals surface area contributed by atoms with Gasteiger partial charge in [-0.25, -0.2) is 18.1 Å². The molecule has 0 N–H and O–H groups in total. The van der Waals surface area contributed by atoms with Crippen molar-refractivity contribution < 1.29 is 84.0 Å². The largest absolute Gasteiger partial charge is 0.489 e. The molecule has 0 amide bonds. The van der Waals surface area contributed by atoms with Crippen LogP contribution < -0.4 is 0 Å². The van der Waals surface area contributed by atoms with Gasteiger partial charge in [-0.15, -0.1) is 0 Å². The fraction of sp³-hybridized carbons (Fsp3) is 1.00. The quantitative estimate of drug-likeness (QED) is 0.293. The molecule has 1 heterocycles. The van der Waals surface area contributed by atoms with Gasteiger partial charge < -0.3 is 4.90 Å². The van der Waals surface area contributed by atoms with Crippen molar-refractivity contribution in [3.05, 3.63) is 0 Å². The van der Waals surface area contributed by atoms with E-state index in [0.717, 1.165) is 0 Å². The minimum Gasteiger partial charge on any atom is -0.306 e. The Balaban J connectivity index is 0.00000136. The Kier molecular flexibility index (Phi) is 9.41. The fourth-order valence-electron chi connectivity index (χ4n) is 1.51. The summed E-state index contributed by atoms with van der Waals surface area (Å²) in [6.45, 7) is 2.64. The van der Waals surface area contributed by atoms with Gasteiger partial charge in [-0.3, -0.25) is 0 Å². The van der Waals surface area contributed by atoms with Gasteiger partial charge in [-0.2, -0.15) is 65.9 Å². The molecule has 32 heavy (non-hydrogen) atoms. The molecule has 0 atom stereocenters. The average Bonchev–Trinajstić information content (AvgIpc) is 2.92. The van der Waals surface area contributed by atoms with Gasteiger partial charge in [0.05, 0.1) is 0 Å². The van der Waals surface area contributed by atoms with Gasteiger partial charge in [-0.05, 0) is 33.0 Å². The van der Waals surface area contributed by atoms with E-state index in [1.165, 1.54) is 25.9 Å². The van der Waals surface area contributed by atoms with E-state index in [1.807, 2.05) is 0 Å². The summed E-state index contributed by atoms with van der Waals surface area (Å²) in [4.78, 5) is 2.36. The van der Waals surface area contributed by atoms with E-state index in [2.05, 4.69) is 11.9 Å². The maximum Gasteiger partial charge on any atom is 0.489 e. The number of nitrogens with zero attached hydrogens (tertiary/aromatic N) is 1. The van der Waals surface area contributed by atoms with Crippen molar-refractivity contribution in [2.24, 2.45) is 0 Å². The molecule has 1 rings (SSSR count). The van der Waals surface area contributed by atoms with Crippen LogP contribution >= 0.6 is 7.82 Å². The lowest BCUT2D eigenvalue weighted by atomic mass is 10.4. The molecule has 0 bridgehead atoms. The van der Waals surface area contributed by atoms with Gasteiger partial charge in [0.2, 0.25) is 0 Å². The van der Waals surface area contributed by atoms with Crippen LogP contribution in [0, 0.1) is 0 Å². The molecule has 0 aromatic heterocycles. The van der Waals surface area contributed by atoms with Gasteiger partial charge in [0.25, 0.3) is 0 Å². The minimum absolute atomic E-state index is 1.32. The second-order valence-electron chi connectivity index (χ2n) is 5.78. The van der Waals surface area contributed by atoms with Crippen LogP contribution in [0.5, 0.6) is 0 Å². The Morgan fingerprint density at radius 1 is 0.562 bits per heavy atom. The molecule has 0 aromatic carbocycles. The van der Waals surface area contributed by atoms with E-state index in [1.54, 1.807) is 13.6 Å². The molecular formula is C11H11F15NO4P. The number of phosphoric ester groups is 1. The van der Waals surface area contributed by atoms with E-state index in [4.69, 9.17) is 0 Å². The number of likely N-dealkylation sites (tertiary alicyclic amines) is 1. The second kappa shape index (κ2) is 9.71. The van der Waals surface area contributed by atoms with Crippen molar-refractivity contribution >= 4 is 7.82 Å². The topological polar surface area (TPSA) is 48.0 Å². The van der Waals surface area contributed by atoms with Crippen LogP contribution in [0.1, 0.15) is 12.8 Å². The van der Waals surface area contributed by atoms with E-state index >= 15 is 0 Å². The molecule has 21 heteroatoms. The first-order valence-electron chi connectivity index (χ1n) is 7.51. The third kappa shape index (κ3) is 8.75. The van der Waals surface area contributed by atoms with E-state index < -0.39 is 44.7 Å². The predicted octanol–water partition coefficient (Wildman–Crippen LogP) is 6.32. The van der Waals surface area contributed by atoms with Crippen LogP contribution in [0.3, 0.4) is 0 Å². The Bertz CT molecular complexity index is 577. The van der Waals surface area contributed by atoms with Gasteiger partial charge in [-0.1, -0.05) is 0 Å². The third-order valence-electron chi connectivity index (χ3n) is 3.00. The molecule has 0 radical (unpaired) electrons. The maximum atomic E-state index is 12.4. The van der Waals surface area contributed by atoms with Crippen LogP contribution in [0.2, 0.25) is 0 Å². The number of hydrogen-bond acceptors (Lipinski definition) is 5. The van der Waals surface area contributed by atoms with Crippen molar-refractivity contribution in [1.82, 2.24) is 4.90 Å². The van der Waals surface area contributed by atoms with Gasteiger partial charge in [0.1, 0.15) is 0 Å². The number of hydrogen-bond donors (Lipinski definition) is 0. The SMILES string of the molecule is CN1CCCC1.O=P(OC(F)(F)C(F)(F)F)(OC(F)(F)C(F)(F)F)OC(F)(F)C(F)(F)F. The normalized spacial score (nSPS) is 17.9. The van der Waals surface area contributed by atoms with Crippen molar-refractivity contribution in [3.8, 4) is 0 Å². The number of alkyl halides is 15. The zero-order valence-corrected chi connectivity index (χ0v) is 15.9. The number of phosphoric acid groups is 1. The molecule has 0 spiro atoms. The van der Waals surface area contributed by atoms with E-state index in [0.29, 0.717) is 0 Å². The Morgan fingerprint density at radius 2 is 0.781 bits per heavy atom. The van der Waals surface area contributed by atoms with Crippen LogP contribution in [0.15, 0.2) is 0 Å². The molecule has 0 aliphatic carbocycles. The summed E-state index contributed by atoms with van der Waals surface area (Å²) < 4.78 is 197. The second-order valence-corrected chi connectivity index (χ2v) is 7.22. The third-order valence-corrected chi connectivity index (χ3v) is 4.36. The Morgan fingerprint density at radius 3 is 0.906 bits per heavy atom. The lowest BCUT2D eigenvalue weighted by Gasteiger charge is -2.30. The average molecular weight is 537 g/mol. The van der Waals surface area contributed by atoms with E-state index in [-0.39, 0.29) is 0 Å². The highest BCUT2D eigenvalue weighted by atomic mass is 31.2. The standard InChI is InChI=1S/C6F15O4P.C5H11N/c7-1(8,9)4(16,17)23-26(22,24-5(18,19)2(10,11)12)25-6(20,21)3(13,14)15;1-6-4-2-3-5-6/h;2-5H2,1H3. The van der Waals surface area contributed by atoms with Crippen molar-refractivity contribution in [2.45, 2.75) is 49.7 Å². The van der Waals surface area contributed by atoms with Crippen LogP contribution in [0.25, 0.3) is 0 Å². The lowest BCUT2D eigenvalue weighted by molar-refractivity contribution is -0.404. The smallest absolute Gasteiger partial charge is 0.306 e. The molecule has 1 fully saturated rings. The molecule has 1 aliphatic heterocycles. The van der Waals surface area contributed by atoms with Gasteiger partial charge >= 0.3 is 44.7 Å². The minimum atomic E-state index is -8.28. The molecule has 0 unspecified atom stereocenters. The lowest BCUT2D eigenvalue weighted by Crippen LogP contribution is -2.45. The van der Waals surface area contributed by atoms with Crippen LogP contribution in [-0.2, 0) is 18.1 Å². The molecule has 1 saturated heterocycles. The highest BCUT2D eigenvalue weighted by molar-refractivity contribution is 7.48. The summed E-state index contributed by atoms with van der Waals surface area (Å²) in [5.41, 5.74) is 0. The monoisotopic (exact) mass is 537 g/mol. The summed E-state index contributed by atoms with van der Waals surface area (Å²) in [6, 6.07) is 0. The first kappa shape index (κ1) is 31.0. The fourth-order valence-corrected chi connectivity index (χ4v) is 2.77. The summed E-state index contributed by atoms with van der Waals surface area (Å²) in [7, 11) is -6.11. The molecular weight excluding hydrogens is 526 g/mol. The van der Waals surface area contributed by atoms with Gasteiger partial charge in [0.15, 0.2) is 0 Å². The molecule has 194 valence electrons. The van der Waals surface area contributed by atoms with Crippen molar-refractivity contribution in [3.63, 3.8) is 0 Å². The number of halogens is 15. The van der Waals surface area contributed by atoms with Crippen molar-refractivity contribution in [2.75, 3.05) is 20.1 Å². The molecule has 1 aliphatic rings. The van der Waals surface area contributed by atoms with Crippen LogP contribution in [0.4, 0.5) is 65.9 Å². The zero-order chi connectivity index (χ0) is 26.0. The first-order chi connectivity index (χ1) is 13.8. The Labute approximate surface area is 168 Å². The van der Waals surface area contributed by atoms with Crippen LogP contribution in [-0.4, -0.2) is 61.9 Å². The van der Waals surface area contributed by atoms with E-state index in [9.17, 15) is 70.4 Å². The molecule has 0 aromatic rings. The summed E-state index contributed by atoms with van der Waals surface area (Å²) in [6.07, 6.45) is -39.9. The first-order valence-corrected chi connectivity index (χ1v) is 8.97. The highest BCUT2D eigenvalue weighted by Crippen LogP contribution is 2.64. The molecule has 0 saturated carbocycles. The molecule has 5 nitrogen and oxygen atoms in total.